The van der Waals surface area contributed by atoms with E-state index >= 15 is 0 Å². The van der Waals surface area contributed by atoms with Crippen LogP contribution in [0.15, 0.2) is 24.3 Å². The van der Waals surface area contributed by atoms with Crippen LogP contribution in [0.4, 0.5) is 5.69 Å². The van der Waals surface area contributed by atoms with Crippen molar-refractivity contribution in [3.63, 3.8) is 0 Å². The van der Waals surface area contributed by atoms with Gasteiger partial charge in [0.05, 0.1) is 5.92 Å². The highest BCUT2D eigenvalue weighted by Crippen LogP contribution is 2.29. The van der Waals surface area contributed by atoms with Gasteiger partial charge in [-0.05, 0) is 37.3 Å². The number of carbonyl (C=O) groups excluding carboxylic acids is 2. The molecule has 5 heteroatoms. The summed E-state index contributed by atoms with van der Waals surface area (Å²) in [5, 5.41) is 3.07. The second-order valence-electron chi connectivity index (χ2n) is 7.90. The molecule has 2 heterocycles. The van der Waals surface area contributed by atoms with E-state index in [0.29, 0.717) is 25.6 Å². The van der Waals surface area contributed by atoms with Gasteiger partial charge in [-0.3, -0.25) is 9.59 Å². The summed E-state index contributed by atoms with van der Waals surface area (Å²) in [5.41, 5.74) is 2.70. The van der Waals surface area contributed by atoms with E-state index < -0.39 is 0 Å². The van der Waals surface area contributed by atoms with E-state index in [0.717, 1.165) is 32.4 Å². The Bertz CT molecular complexity index is 669. The van der Waals surface area contributed by atoms with Crippen LogP contribution < -0.4 is 10.2 Å². The predicted octanol–water partition coefficient (Wildman–Crippen LogP) is 2.35. The third-order valence-corrected chi connectivity index (χ3v) is 6.18. The number of para-hydroxylation sites is 1. The van der Waals surface area contributed by atoms with Gasteiger partial charge < -0.3 is 15.1 Å². The van der Waals surface area contributed by atoms with Crippen LogP contribution in [-0.2, 0) is 16.0 Å². The van der Waals surface area contributed by atoms with Gasteiger partial charge in [-0.1, -0.05) is 31.0 Å². The maximum absolute atomic E-state index is 12.5. The lowest BCUT2D eigenvalue weighted by Crippen LogP contribution is -2.40. The van der Waals surface area contributed by atoms with Gasteiger partial charge in [0.15, 0.2) is 0 Å². The molecule has 2 amide bonds. The average molecular weight is 355 g/mol. The topological polar surface area (TPSA) is 52.7 Å². The van der Waals surface area contributed by atoms with Gasteiger partial charge in [-0.15, -0.1) is 0 Å². The molecule has 5 nitrogen and oxygen atoms in total. The number of anilines is 1. The molecule has 0 aromatic heterocycles. The van der Waals surface area contributed by atoms with Gasteiger partial charge in [0, 0.05) is 44.3 Å². The molecular formula is C21H29N3O2. The van der Waals surface area contributed by atoms with Crippen LogP contribution in [0.3, 0.4) is 0 Å². The van der Waals surface area contributed by atoms with Crippen molar-refractivity contribution in [2.24, 2.45) is 5.92 Å². The zero-order chi connectivity index (χ0) is 17.9. The summed E-state index contributed by atoms with van der Waals surface area (Å²) in [4.78, 5) is 29.1. The fraction of sp³-hybridized carbons (Fsp3) is 0.619. The van der Waals surface area contributed by atoms with Gasteiger partial charge in [0.25, 0.3) is 0 Å². The number of fused-ring (bicyclic) bond motifs is 1. The lowest BCUT2D eigenvalue weighted by Gasteiger charge is -2.31. The Kier molecular flexibility index (Phi) is 5.14. The Morgan fingerprint density at radius 1 is 1.15 bits per heavy atom. The summed E-state index contributed by atoms with van der Waals surface area (Å²) in [5.74, 6) is 0.0443. The molecule has 1 atom stereocenters. The van der Waals surface area contributed by atoms with Crippen molar-refractivity contribution in [3.05, 3.63) is 29.8 Å². The SMILES string of the molecule is O=C(NCCN1CCCc2ccccc21)[C@H]1CC(=O)N(C2CCCC2)C1. The maximum Gasteiger partial charge on any atom is 0.225 e. The minimum Gasteiger partial charge on any atom is -0.370 e. The van der Waals surface area contributed by atoms with Gasteiger partial charge in [0.2, 0.25) is 11.8 Å². The Hall–Kier alpha value is -2.04. The molecule has 4 rings (SSSR count). The van der Waals surface area contributed by atoms with Crippen LogP contribution in [0.1, 0.15) is 44.1 Å². The zero-order valence-electron chi connectivity index (χ0n) is 15.5. The van der Waals surface area contributed by atoms with E-state index in [1.165, 1.54) is 30.5 Å². The molecule has 3 aliphatic rings. The number of hydrogen-bond donors (Lipinski definition) is 1. The summed E-state index contributed by atoms with van der Waals surface area (Å²) in [6.45, 7) is 3.13. The zero-order valence-corrected chi connectivity index (χ0v) is 15.5. The van der Waals surface area contributed by atoms with E-state index in [9.17, 15) is 9.59 Å². The highest BCUT2D eigenvalue weighted by molar-refractivity contribution is 5.89. The Balaban J connectivity index is 1.27. The van der Waals surface area contributed by atoms with E-state index in [1.807, 2.05) is 4.90 Å². The van der Waals surface area contributed by atoms with Crippen molar-refractivity contribution in [1.82, 2.24) is 10.2 Å². The lowest BCUT2D eigenvalue weighted by molar-refractivity contribution is -0.130. The molecule has 1 N–H and O–H groups in total. The Morgan fingerprint density at radius 3 is 2.81 bits per heavy atom. The summed E-state index contributed by atoms with van der Waals surface area (Å²) < 4.78 is 0. The highest BCUT2D eigenvalue weighted by Gasteiger charge is 2.38. The number of carbonyl (C=O) groups is 2. The molecule has 1 aromatic rings. The van der Waals surface area contributed by atoms with Crippen LogP contribution in [0, 0.1) is 5.92 Å². The molecule has 2 fully saturated rings. The molecule has 26 heavy (non-hydrogen) atoms. The van der Waals surface area contributed by atoms with Crippen molar-refractivity contribution < 1.29 is 9.59 Å². The number of amides is 2. The molecular weight excluding hydrogens is 326 g/mol. The molecule has 140 valence electrons. The van der Waals surface area contributed by atoms with Crippen molar-refractivity contribution >= 4 is 17.5 Å². The normalized spacial score (nSPS) is 23.4. The number of nitrogens with one attached hydrogen (secondary N) is 1. The standard InChI is InChI=1S/C21H29N3O2/c25-20-14-17(15-24(20)18-8-2-3-9-18)21(26)22-11-13-23-12-5-7-16-6-1-4-10-19(16)23/h1,4,6,10,17-18H,2-3,5,7-9,11-15H2,(H,22,26)/t17-/m0/s1. The van der Waals surface area contributed by atoms with Crippen LogP contribution in [0.5, 0.6) is 0 Å². The quantitative estimate of drug-likeness (QED) is 0.882. The van der Waals surface area contributed by atoms with Gasteiger partial charge in [-0.25, -0.2) is 0 Å². The van der Waals surface area contributed by atoms with Crippen LogP contribution in [-0.4, -0.2) is 48.9 Å². The first-order valence-corrected chi connectivity index (χ1v) is 10.1. The van der Waals surface area contributed by atoms with Gasteiger partial charge >= 0.3 is 0 Å². The Morgan fingerprint density at radius 2 is 1.96 bits per heavy atom. The highest BCUT2D eigenvalue weighted by atomic mass is 16.2. The largest absolute Gasteiger partial charge is 0.370 e. The monoisotopic (exact) mass is 355 g/mol. The number of likely N-dealkylation sites (tertiary alicyclic amines) is 1. The Labute approximate surface area is 155 Å². The molecule has 0 bridgehead atoms. The minimum absolute atomic E-state index is 0.0455. The third kappa shape index (κ3) is 3.57. The second-order valence-corrected chi connectivity index (χ2v) is 7.90. The number of benzene rings is 1. The van der Waals surface area contributed by atoms with E-state index in [2.05, 4.69) is 34.5 Å². The molecule has 1 saturated carbocycles. The molecule has 1 aliphatic carbocycles. The van der Waals surface area contributed by atoms with Crippen molar-refractivity contribution in [2.75, 3.05) is 31.1 Å². The lowest BCUT2D eigenvalue weighted by atomic mass is 10.0. The molecule has 0 radical (unpaired) electrons. The molecule has 2 aliphatic heterocycles. The summed E-state index contributed by atoms with van der Waals surface area (Å²) in [6.07, 6.45) is 7.32. The molecule has 1 aromatic carbocycles. The number of nitrogens with zero attached hydrogens (tertiary/aromatic N) is 2. The molecule has 1 saturated heterocycles. The molecule has 0 unspecified atom stereocenters. The first-order valence-electron chi connectivity index (χ1n) is 10.1. The third-order valence-electron chi connectivity index (χ3n) is 6.18. The van der Waals surface area contributed by atoms with E-state index in [4.69, 9.17) is 0 Å². The van der Waals surface area contributed by atoms with E-state index in [1.54, 1.807) is 0 Å². The number of rotatable bonds is 5. The molecule has 0 spiro atoms. The van der Waals surface area contributed by atoms with E-state index in [-0.39, 0.29) is 17.7 Å². The summed E-state index contributed by atoms with van der Waals surface area (Å²) >= 11 is 0. The van der Waals surface area contributed by atoms with Crippen molar-refractivity contribution in [3.8, 4) is 0 Å². The van der Waals surface area contributed by atoms with Crippen molar-refractivity contribution in [1.29, 1.82) is 0 Å². The summed E-state index contributed by atoms with van der Waals surface area (Å²) in [6, 6.07) is 8.92. The van der Waals surface area contributed by atoms with Crippen LogP contribution in [0.25, 0.3) is 0 Å². The first-order chi connectivity index (χ1) is 12.7. The van der Waals surface area contributed by atoms with Crippen LogP contribution >= 0.6 is 0 Å². The van der Waals surface area contributed by atoms with Gasteiger partial charge in [-0.2, -0.15) is 0 Å². The summed E-state index contributed by atoms with van der Waals surface area (Å²) in [7, 11) is 0. The average Bonchev–Trinajstić information content (AvgIpc) is 3.31. The number of aryl methyl sites for hydroxylation is 1. The first kappa shape index (κ1) is 17.4. The minimum atomic E-state index is -0.170. The fourth-order valence-corrected chi connectivity index (χ4v) is 4.78. The van der Waals surface area contributed by atoms with Crippen molar-refractivity contribution in [2.45, 2.75) is 51.0 Å². The second kappa shape index (κ2) is 7.68. The van der Waals surface area contributed by atoms with Gasteiger partial charge in [0.1, 0.15) is 0 Å². The fourth-order valence-electron chi connectivity index (χ4n) is 4.78. The number of hydrogen-bond acceptors (Lipinski definition) is 3. The maximum atomic E-state index is 12.5. The smallest absolute Gasteiger partial charge is 0.225 e. The predicted molar refractivity (Wildman–Crippen MR) is 102 cm³/mol. The van der Waals surface area contributed by atoms with Crippen LogP contribution in [0.2, 0.25) is 0 Å².